The predicted molar refractivity (Wildman–Crippen MR) is 67.0 cm³/mol. The van der Waals surface area contributed by atoms with Crippen molar-refractivity contribution in [2.75, 3.05) is 13.1 Å². The number of carbonyl (C=O) groups is 1. The Kier molecular flexibility index (Phi) is 4.95. The SMILES string of the molecule is CC(C)(C#N)CCCN1CCCCC1C(N)=O. The first kappa shape index (κ1) is 14.0. The van der Waals surface area contributed by atoms with Crippen LogP contribution in [0, 0.1) is 16.7 Å². The minimum atomic E-state index is -0.266. The van der Waals surface area contributed by atoms with Crippen LogP contribution in [0.5, 0.6) is 0 Å². The normalized spacial score (nSPS) is 22.1. The smallest absolute Gasteiger partial charge is 0.234 e. The molecule has 1 aliphatic rings. The Morgan fingerprint density at radius 2 is 2.24 bits per heavy atom. The third-order valence-corrected chi connectivity index (χ3v) is 3.49. The van der Waals surface area contributed by atoms with Crippen LogP contribution < -0.4 is 5.73 Å². The van der Waals surface area contributed by atoms with Crippen LogP contribution in [0.25, 0.3) is 0 Å². The molecule has 0 aromatic rings. The summed E-state index contributed by atoms with van der Waals surface area (Å²) in [7, 11) is 0. The van der Waals surface area contributed by atoms with Crippen molar-refractivity contribution in [2.24, 2.45) is 11.1 Å². The van der Waals surface area contributed by atoms with E-state index in [-0.39, 0.29) is 17.4 Å². The Bertz CT molecular complexity index is 306. The molecule has 0 bridgehead atoms. The molecule has 96 valence electrons. The van der Waals surface area contributed by atoms with Crippen molar-refractivity contribution in [1.82, 2.24) is 4.90 Å². The van der Waals surface area contributed by atoms with Gasteiger partial charge in [0.05, 0.1) is 17.5 Å². The zero-order valence-corrected chi connectivity index (χ0v) is 10.9. The summed E-state index contributed by atoms with van der Waals surface area (Å²) in [5.41, 5.74) is 5.14. The second-order valence-corrected chi connectivity index (χ2v) is 5.55. The van der Waals surface area contributed by atoms with Gasteiger partial charge in [-0.3, -0.25) is 9.69 Å². The highest BCUT2D eigenvalue weighted by Crippen LogP contribution is 2.23. The molecule has 0 aromatic carbocycles. The van der Waals surface area contributed by atoms with Gasteiger partial charge in [-0.25, -0.2) is 0 Å². The van der Waals surface area contributed by atoms with E-state index < -0.39 is 0 Å². The van der Waals surface area contributed by atoms with Crippen LogP contribution in [0.1, 0.15) is 46.0 Å². The highest BCUT2D eigenvalue weighted by Gasteiger charge is 2.27. The lowest BCUT2D eigenvalue weighted by Gasteiger charge is -2.34. The van der Waals surface area contributed by atoms with E-state index in [0.29, 0.717) is 0 Å². The number of piperidine rings is 1. The van der Waals surface area contributed by atoms with Crippen molar-refractivity contribution in [3.8, 4) is 6.07 Å². The highest BCUT2D eigenvalue weighted by molar-refractivity contribution is 5.79. The fourth-order valence-electron chi connectivity index (χ4n) is 2.36. The predicted octanol–water partition coefficient (Wildman–Crippen LogP) is 1.66. The van der Waals surface area contributed by atoms with Gasteiger partial charge in [-0.05, 0) is 52.6 Å². The minimum Gasteiger partial charge on any atom is -0.368 e. The summed E-state index contributed by atoms with van der Waals surface area (Å²) < 4.78 is 0. The number of nitrogens with zero attached hydrogens (tertiary/aromatic N) is 2. The number of carbonyl (C=O) groups excluding carboxylic acids is 1. The van der Waals surface area contributed by atoms with Crippen molar-refractivity contribution in [3.05, 3.63) is 0 Å². The third kappa shape index (κ3) is 4.35. The number of primary amides is 1. The van der Waals surface area contributed by atoms with Crippen LogP contribution in [-0.4, -0.2) is 29.9 Å². The van der Waals surface area contributed by atoms with Gasteiger partial charge < -0.3 is 5.73 Å². The van der Waals surface area contributed by atoms with Crippen molar-refractivity contribution >= 4 is 5.91 Å². The van der Waals surface area contributed by atoms with E-state index >= 15 is 0 Å². The first-order chi connectivity index (χ1) is 7.96. The lowest BCUT2D eigenvalue weighted by atomic mass is 9.89. The van der Waals surface area contributed by atoms with E-state index in [4.69, 9.17) is 11.0 Å². The van der Waals surface area contributed by atoms with E-state index in [1.54, 1.807) is 0 Å². The van der Waals surface area contributed by atoms with E-state index in [1.807, 2.05) is 13.8 Å². The van der Waals surface area contributed by atoms with E-state index in [9.17, 15) is 4.79 Å². The summed E-state index contributed by atoms with van der Waals surface area (Å²) in [6.45, 7) is 5.74. The second kappa shape index (κ2) is 6.02. The molecule has 1 aliphatic heterocycles. The molecule has 1 atom stereocenters. The summed E-state index contributed by atoms with van der Waals surface area (Å²) in [6.07, 6.45) is 4.94. The van der Waals surface area contributed by atoms with Gasteiger partial charge in [0, 0.05) is 0 Å². The van der Waals surface area contributed by atoms with Crippen molar-refractivity contribution in [3.63, 3.8) is 0 Å². The van der Waals surface area contributed by atoms with Crippen molar-refractivity contribution in [2.45, 2.75) is 52.0 Å². The maximum Gasteiger partial charge on any atom is 0.234 e. The molecular weight excluding hydrogens is 214 g/mol. The topological polar surface area (TPSA) is 70.1 Å². The number of nitriles is 1. The molecule has 0 saturated carbocycles. The van der Waals surface area contributed by atoms with Crippen molar-refractivity contribution in [1.29, 1.82) is 5.26 Å². The zero-order valence-electron chi connectivity index (χ0n) is 10.9. The Morgan fingerprint density at radius 3 is 2.82 bits per heavy atom. The molecular formula is C13H23N3O. The Labute approximate surface area is 104 Å². The fraction of sp³-hybridized carbons (Fsp3) is 0.846. The third-order valence-electron chi connectivity index (χ3n) is 3.49. The van der Waals surface area contributed by atoms with Gasteiger partial charge in [0.25, 0.3) is 0 Å². The molecule has 1 unspecified atom stereocenters. The molecule has 1 rings (SSSR count). The summed E-state index contributed by atoms with van der Waals surface area (Å²) in [5.74, 6) is -0.204. The summed E-state index contributed by atoms with van der Waals surface area (Å²) in [6, 6.07) is 2.21. The maximum atomic E-state index is 11.3. The molecule has 4 heteroatoms. The van der Waals surface area contributed by atoms with Crippen LogP contribution in [-0.2, 0) is 4.79 Å². The molecule has 1 saturated heterocycles. The van der Waals surface area contributed by atoms with Gasteiger partial charge in [0.2, 0.25) is 5.91 Å². The lowest BCUT2D eigenvalue weighted by Crippen LogP contribution is -2.48. The average Bonchev–Trinajstić information content (AvgIpc) is 2.29. The van der Waals surface area contributed by atoms with Crippen LogP contribution in [0.4, 0.5) is 0 Å². The Balaban J connectivity index is 2.39. The Hall–Kier alpha value is -1.08. The summed E-state index contributed by atoms with van der Waals surface area (Å²) in [4.78, 5) is 13.5. The zero-order chi connectivity index (χ0) is 12.9. The van der Waals surface area contributed by atoms with Crippen LogP contribution >= 0.6 is 0 Å². The Morgan fingerprint density at radius 1 is 1.53 bits per heavy atom. The molecule has 17 heavy (non-hydrogen) atoms. The van der Waals surface area contributed by atoms with Crippen LogP contribution in [0.3, 0.4) is 0 Å². The van der Waals surface area contributed by atoms with Gasteiger partial charge in [0.1, 0.15) is 0 Å². The molecule has 1 heterocycles. The molecule has 4 nitrogen and oxygen atoms in total. The standard InChI is InChI=1S/C13H23N3O/c1-13(2,10-14)7-5-9-16-8-4-3-6-11(16)12(15)17/h11H,3-9H2,1-2H3,(H2,15,17). The first-order valence-electron chi connectivity index (χ1n) is 6.41. The molecule has 1 amide bonds. The molecule has 0 spiro atoms. The number of nitrogens with two attached hydrogens (primary N) is 1. The van der Waals surface area contributed by atoms with Gasteiger partial charge >= 0.3 is 0 Å². The van der Waals surface area contributed by atoms with E-state index in [2.05, 4.69) is 11.0 Å². The molecule has 2 N–H and O–H groups in total. The number of likely N-dealkylation sites (tertiary alicyclic amines) is 1. The first-order valence-corrected chi connectivity index (χ1v) is 6.41. The van der Waals surface area contributed by atoms with E-state index in [1.165, 1.54) is 0 Å². The van der Waals surface area contributed by atoms with Gasteiger partial charge in [0.15, 0.2) is 0 Å². The quantitative estimate of drug-likeness (QED) is 0.790. The minimum absolute atomic E-state index is 0.0889. The lowest BCUT2D eigenvalue weighted by molar-refractivity contribution is -0.124. The summed E-state index contributed by atoms with van der Waals surface area (Å²) >= 11 is 0. The van der Waals surface area contributed by atoms with E-state index in [0.717, 1.165) is 45.2 Å². The number of hydrogen-bond donors (Lipinski definition) is 1. The van der Waals surface area contributed by atoms with Gasteiger partial charge in [-0.2, -0.15) is 5.26 Å². The number of rotatable bonds is 5. The molecule has 0 radical (unpaired) electrons. The molecule has 0 aromatic heterocycles. The average molecular weight is 237 g/mol. The largest absolute Gasteiger partial charge is 0.368 e. The highest BCUT2D eigenvalue weighted by atomic mass is 16.1. The van der Waals surface area contributed by atoms with Crippen LogP contribution in [0.2, 0.25) is 0 Å². The van der Waals surface area contributed by atoms with Crippen LogP contribution in [0.15, 0.2) is 0 Å². The van der Waals surface area contributed by atoms with Crippen molar-refractivity contribution < 1.29 is 4.79 Å². The van der Waals surface area contributed by atoms with Gasteiger partial charge in [-0.15, -0.1) is 0 Å². The number of hydrogen-bond acceptors (Lipinski definition) is 3. The fourth-order valence-corrected chi connectivity index (χ4v) is 2.36. The molecule has 0 aliphatic carbocycles. The monoisotopic (exact) mass is 237 g/mol. The molecule has 1 fully saturated rings. The second-order valence-electron chi connectivity index (χ2n) is 5.55. The number of amides is 1. The van der Waals surface area contributed by atoms with Gasteiger partial charge in [-0.1, -0.05) is 6.42 Å². The maximum absolute atomic E-state index is 11.3. The summed E-state index contributed by atoms with van der Waals surface area (Å²) in [5, 5.41) is 8.93.